The molecule has 3 aromatic rings. The second-order valence-electron chi connectivity index (χ2n) is 4.72. The number of benzene rings is 1. The first-order valence-electron chi connectivity index (χ1n) is 6.64. The fourth-order valence-electron chi connectivity index (χ4n) is 2.15. The van der Waals surface area contributed by atoms with Crippen LogP contribution in [-0.4, -0.2) is 16.4 Å². The summed E-state index contributed by atoms with van der Waals surface area (Å²) < 4.78 is 5.77. The highest BCUT2D eigenvalue weighted by Gasteiger charge is 2.11. The highest BCUT2D eigenvalue weighted by atomic mass is 32.1. The second-order valence-corrected chi connectivity index (χ2v) is 5.75. The number of nitrogens with zero attached hydrogens (tertiary/aromatic N) is 2. The highest BCUT2D eigenvalue weighted by molar-refractivity contribution is 7.09. The van der Waals surface area contributed by atoms with E-state index in [0.717, 1.165) is 30.1 Å². The maximum absolute atomic E-state index is 5.77. The summed E-state index contributed by atoms with van der Waals surface area (Å²) in [6.45, 7) is 4.74. The van der Waals surface area contributed by atoms with Crippen LogP contribution >= 0.6 is 11.3 Å². The van der Waals surface area contributed by atoms with Crippen molar-refractivity contribution in [2.75, 3.05) is 12.3 Å². The summed E-state index contributed by atoms with van der Waals surface area (Å²) >= 11 is 1.77. The van der Waals surface area contributed by atoms with Crippen molar-refractivity contribution in [3.63, 3.8) is 0 Å². The Balaban J connectivity index is 1.76. The normalized spacial score (nSPS) is 11.5. The number of nitrogen functional groups attached to an aromatic ring is 1. The third kappa shape index (κ3) is 2.84. The first-order chi connectivity index (χ1) is 9.74. The van der Waals surface area contributed by atoms with Crippen LogP contribution in [0.1, 0.15) is 17.7 Å². The van der Waals surface area contributed by atoms with E-state index >= 15 is 0 Å². The van der Waals surface area contributed by atoms with Crippen LogP contribution in [0.5, 0.6) is 0 Å². The number of oxazole rings is 1. The van der Waals surface area contributed by atoms with Gasteiger partial charge >= 0.3 is 0 Å². The van der Waals surface area contributed by atoms with Crippen LogP contribution in [0.3, 0.4) is 0 Å². The molecule has 4 nitrogen and oxygen atoms in total. The summed E-state index contributed by atoms with van der Waals surface area (Å²) in [7, 11) is 0. The quantitative estimate of drug-likeness (QED) is 0.730. The number of aromatic nitrogens is 1. The second kappa shape index (κ2) is 5.64. The molecule has 0 aliphatic rings. The highest BCUT2D eigenvalue weighted by Crippen LogP contribution is 2.20. The van der Waals surface area contributed by atoms with Crippen molar-refractivity contribution >= 4 is 28.1 Å². The van der Waals surface area contributed by atoms with Crippen molar-refractivity contribution in [2.45, 2.75) is 20.0 Å². The molecule has 2 heterocycles. The molecule has 0 bridgehead atoms. The predicted molar refractivity (Wildman–Crippen MR) is 82.5 cm³/mol. The maximum atomic E-state index is 5.77. The van der Waals surface area contributed by atoms with Crippen molar-refractivity contribution in [2.24, 2.45) is 0 Å². The van der Waals surface area contributed by atoms with Gasteiger partial charge in [-0.2, -0.15) is 0 Å². The van der Waals surface area contributed by atoms with Crippen LogP contribution in [0.15, 0.2) is 40.1 Å². The van der Waals surface area contributed by atoms with Gasteiger partial charge < -0.3 is 10.2 Å². The summed E-state index contributed by atoms with van der Waals surface area (Å²) in [5, 5.41) is 2.10. The summed E-state index contributed by atoms with van der Waals surface area (Å²) in [6, 6.07) is 9.78. The van der Waals surface area contributed by atoms with Gasteiger partial charge in [-0.3, -0.25) is 4.90 Å². The molecule has 0 saturated heterocycles. The standard InChI is InChI=1S/C15H17N3OS/c1-2-18(9-12-4-3-7-20-12)10-15-17-13-8-11(16)5-6-14(13)19-15/h3-8H,2,9-10,16H2,1H3. The predicted octanol–water partition coefficient (Wildman–Crippen LogP) is 3.49. The van der Waals surface area contributed by atoms with Crippen molar-refractivity contribution in [1.82, 2.24) is 9.88 Å². The monoisotopic (exact) mass is 287 g/mol. The molecule has 0 fully saturated rings. The Morgan fingerprint density at radius 3 is 2.95 bits per heavy atom. The van der Waals surface area contributed by atoms with Crippen molar-refractivity contribution in [1.29, 1.82) is 0 Å². The largest absolute Gasteiger partial charge is 0.439 e. The van der Waals surface area contributed by atoms with Crippen molar-refractivity contribution in [3.8, 4) is 0 Å². The van der Waals surface area contributed by atoms with Crippen molar-refractivity contribution in [3.05, 3.63) is 46.5 Å². The molecular weight excluding hydrogens is 270 g/mol. The van der Waals surface area contributed by atoms with Gasteiger partial charge in [0, 0.05) is 17.1 Å². The first kappa shape index (κ1) is 13.1. The number of hydrogen-bond donors (Lipinski definition) is 1. The van der Waals surface area contributed by atoms with E-state index in [2.05, 4.69) is 34.3 Å². The number of thiophene rings is 1. The number of rotatable bonds is 5. The van der Waals surface area contributed by atoms with Crippen LogP contribution < -0.4 is 5.73 Å². The van der Waals surface area contributed by atoms with Gasteiger partial charge in [0.2, 0.25) is 5.89 Å². The molecule has 2 aromatic heterocycles. The van der Waals surface area contributed by atoms with E-state index in [1.807, 2.05) is 18.2 Å². The average molecular weight is 287 g/mol. The first-order valence-corrected chi connectivity index (χ1v) is 7.52. The number of anilines is 1. The zero-order valence-corrected chi connectivity index (χ0v) is 12.2. The summed E-state index contributed by atoms with van der Waals surface area (Å²) in [4.78, 5) is 8.17. The maximum Gasteiger partial charge on any atom is 0.209 e. The van der Waals surface area contributed by atoms with Crippen LogP contribution in [0, 0.1) is 0 Å². The lowest BCUT2D eigenvalue weighted by atomic mass is 10.3. The third-order valence-electron chi connectivity index (χ3n) is 3.22. The van der Waals surface area contributed by atoms with Crippen LogP contribution in [-0.2, 0) is 13.1 Å². The minimum absolute atomic E-state index is 0.711. The minimum Gasteiger partial charge on any atom is -0.439 e. The van der Waals surface area contributed by atoms with E-state index in [1.165, 1.54) is 4.88 Å². The van der Waals surface area contributed by atoms with E-state index in [4.69, 9.17) is 10.2 Å². The van der Waals surface area contributed by atoms with Gasteiger partial charge in [-0.25, -0.2) is 4.98 Å². The molecule has 0 aliphatic carbocycles. The minimum atomic E-state index is 0.711. The Hall–Kier alpha value is -1.85. The molecule has 0 aliphatic heterocycles. The van der Waals surface area contributed by atoms with Crippen LogP contribution in [0.25, 0.3) is 11.1 Å². The van der Waals surface area contributed by atoms with Gasteiger partial charge in [0.1, 0.15) is 5.52 Å². The van der Waals surface area contributed by atoms with E-state index in [1.54, 1.807) is 11.3 Å². The van der Waals surface area contributed by atoms with E-state index in [0.29, 0.717) is 12.2 Å². The number of fused-ring (bicyclic) bond motifs is 1. The number of nitrogens with two attached hydrogens (primary N) is 1. The lowest BCUT2D eigenvalue weighted by Gasteiger charge is -2.17. The van der Waals surface area contributed by atoms with Gasteiger partial charge in [0.05, 0.1) is 6.54 Å². The topological polar surface area (TPSA) is 55.3 Å². The summed E-state index contributed by atoms with van der Waals surface area (Å²) in [5.74, 6) is 0.740. The molecule has 0 saturated carbocycles. The Morgan fingerprint density at radius 2 is 2.20 bits per heavy atom. The number of hydrogen-bond acceptors (Lipinski definition) is 5. The smallest absolute Gasteiger partial charge is 0.209 e. The molecule has 0 atom stereocenters. The Morgan fingerprint density at radius 1 is 1.30 bits per heavy atom. The summed E-state index contributed by atoms with van der Waals surface area (Å²) in [6.07, 6.45) is 0. The fraction of sp³-hybridized carbons (Fsp3) is 0.267. The molecule has 0 unspecified atom stereocenters. The molecule has 1 aromatic carbocycles. The molecule has 20 heavy (non-hydrogen) atoms. The average Bonchev–Trinajstić information content (AvgIpc) is 3.06. The van der Waals surface area contributed by atoms with Crippen LogP contribution in [0.4, 0.5) is 5.69 Å². The lowest BCUT2D eigenvalue weighted by Crippen LogP contribution is -2.21. The zero-order valence-electron chi connectivity index (χ0n) is 11.4. The Kier molecular flexibility index (Phi) is 3.71. The molecule has 5 heteroatoms. The molecular formula is C15H17N3OS. The van der Waals surface area contributed by atoms with Crippen LogP contribution in [0.2, 0.25) is 0 Å². The fourth-order valence-corrected chi connectivity index (χ4v) is 2.90. The van der Waals surface area contributed by atoms with Gasteiger partial charge in [-0.15, -0.1) is 11.3 Å². The van der Waals surface area contributed by atoms with Gasteiger partial charge in [-0.05, 0) is 36.2 Å². The molecule has 104 valence electrons. The molecule has 0 amide bonds. The Labute approximate surface area is 121 Å². The van der Waals surface area contributed by atoms with Gasteiger partial charge in [-0.1, -0.05) is 13.0 Å². The SMILES string of the molecule is CCN(Cc1nc2cc(N)ccc2o1)Cc1cccs1. The Bertz CT molecular complexity index is 690. The molecule has 3 rings (SSSR count). The van der Waals surface area contributed by atoms with E-state index in [9.17, 15) is 0 Å². The lowest BCUT2D eigenvalue weighted by molar-refractivity contribution is 0.247. The van der Waals surface area contributed by atoms with Gasteiger partial charge in [0.25, 0.3) is 0 Å². The van der Waals surface area contributed by atoms with E-state index < -0.39 is 0 Å². The van der Waals surface area contributed by atoms with Crippen molar-refractivity contribution < 1.29 is 4.42 Å². The molecule has 2 N–H and O–H groups in total. The molecule has 0 radical (unpaired) electrons. The van der Waals surface area contributed by atoms with Gasteiger partial charge in [0.15, 0.2) is 5.58 Å². The molecule has 0 spiro atoms. The third-order valence-corrected chi connectivity index (χ3v) is 4.08. The zero-order chi connectivity index (χ0) is 13.9. The van der Waals surface area contributed by atoms with E-state index in [-0.39, 0.29) is 0 Å². The summed E-state index contributed by atoms with van der Waals surface area (Å²) in [5.41, 5.74) is 8.09.